The van der Waals surface area contributed by atoms with Crippen molar-refractivity contribution in [2.24, 2.45) is 5.16 Å². The van der Waals surface area contributed by atoms with Crippen LogP contribution in [0, 0.1) is 0 Å². The molecule has 5 nitrogen and oxygen atoms in total. The van der Waals surface area contributed by atoms with E-state index in [1.807, 2.05) is 0 Å². The van der Waals surface area contributed by atoms with E-state index in [-0.39, 0.29) is 22.2 Å². The largest absolute Gasteiger partial charge is 0.479 e. The molecule has 1 N–H and O–H groups in total. The second kappa shape index (κ2) is 10.7. The van der Waals surface area contributed by atoms with Gasteiger partial charge >= 0.3 is 12.1 Å². The number of alkyl halides is 3. The molecule has 0 fully saturated rings. The molecule has 0 saturated carbocycles. The molecular weight excluding hydrogens is 458 g/mol. The number of benzene rings is 2. The molecule has 0 aromatic heterocycles. The number of carboxylic acid groups (broad SMARTS) is 1. The van der Waals surface area contributed by atoms with Crippen molar-refractivity contribution >= 4 is 34.9 Å². The van der Waals surface area contributed by atoms with Crippen molar-refractivity contribution in [3.63, 3.8) is 0 Å². The smallest absolute Gasteiger partial charge is 0.416 e. The number of rotatable bonds is 9. The van der Waals surface area contributed by atoms with Crippen LogP contribution in [0.25, 0.3) is 0 Å². The number of carbonyl (C=O) groups is 1. The van der Waals surface area contributed by atoms with Crippen LogP contribution in [0.15, 0.2) is 41.6 Å². The van der Waals surface area contributed by atoms with E-state index in [9.17, 15) is 18.0 Å². The van der Waals surface area contributed by atoms with E-state index in [0.717, 1.165) is 12.1 Å². The van der Waals surface area contributed by atoms with E-state index in [1.165, 1.54) is 25.3 Å². The quantitative estimate of drug-likeness (QED) is 0.343. The van der Waals surface area contributed by atoms with Crippen LogP contribution in [0.1, 0.15) is 36.5 Å². The Hall–Kier alpha value is -2.45. The second-order valence-electron chi connectivity index (χ2n) is 6.50. The number of aliphatic carboxylic acids is 1. The highest BCUT2D eigenvalue weighted by atomic mass is 35.5. The standard InChI is InChI=1S/C21H20Cl2F3NO4/c1-3-16(20(28)29)31-17-11-7-13(18(22)19(17)23)6-10-15(27-30-2)12-4-8-14(9-5-12)21(24,25)26/h4-5,7-9,11,16H,3,6,10H2,1-2H3,(H,28,29). The van der Waals surface area contributed by atoms with Crippen molar-refractivity contribution in [2.75, 3.05) is 7.11 Å². The number of hydrogen-bond donors (Lipinski definition) is 1. The molecule has 2 aromatic carbocycles. The molecule has 10 heteroatoms. The summed E-state index contributed by atoms with van der Waals surface area (Å²) in [5.74, 6) is -0.964. The average molecular weight is 478 g/mol. The summed E-state index contributed by atoms with van der Waals surface area (Å²) in [5.41, 5.74) is 0.785. The maximum absolute atomic E-state index is 12.8. The van der Waals surface area contributed by atoms with Gasteiger partial charge in [-0.25, -0.2) is 4.79 Å². The second-order valence-corrected chi connectivity index (χ2v) is 7.26. The van der Waals surface area contributed by atoms with Gasteiger partial charge in [-0.3, -0.25) is 0 Å². The Kier molecular flexibility index (Phi) is 8.59. The minimum atomic E-state index is -4.43. The first-order chi connectivity index (χ1) is 14.6. The summed E-state index contributed by atoms with van der Waals surface area (Å²) in [6.45, 7) is 1.67. The van der Waals surface area contributed by atoms with Crippen LogP contribution < -0.4 is 4.74 Å². The minimum absolute atomic E-state index is 0.0821. The van der Waals surface area contributed by atoms with Gasteiger partial charge in [-0.1, -0.05) is 53.5 Å². The molecule has 1 unspecified atom stereocenters. The van der Waals surface area contributed by atoms with Crippen molar-refractivity contribution in [3.05, 3.63) is 63.1 Å². The number of oxime groups is 1. The summed E-state index contributed by atoms with van der Waals surface area (Å²) in [6.07, 6.45) is -4.57. The molecule has 31 heavy (non-hydrogen) atoms. The highest BCUT2D eigenvalue weighted by Crippen LogP contribution is 2.36. The molecule has 0 aliphatic heterocycles. The third-order valence-electron chi connectivity index (χ3n) is 4.42. The summed E-state index contributed by atoms with van der Waals surface area (Å²) < 4.78 is 43.7. The van der Waals surface area contributed by atoms with Gasteiger partial charge < -0.3 is 14.7 Å². The van der Waals surface area contributed by atoms with Gasteiger partial charge in [0, 0.05) is 0 Å². The van der Waals surface area contributed by atoms with Gasteiger partial charge in [0.25, 0.3) is 0 Å². The zero-order chi connectivity index (χ0) is 23.2. The summed E-state index contributed by atoms with van der Waals surface area (Å²) in [4.78, 5) is 16.0. The van der Waals surface area contributed by atoms with Crippen molar-refractivity contribution in [3.8, 4) is 5.75 Å². The zero-order valence-corrected chi connectivity index (χ0v) is 18.2. The maximum atomic E-state index is 12.8. The summed E-state index contributed by atoms with van der Waals surface area (Å²) in [7, 11) is 1.34. The molecule has 0 radical (unpaired) electrons. The number of carboxylic acids is 1. The highest BCUT2D eigenvalue weighted by molar-refractivity contribution is 6.43. The Morgan fingerprint density at radius 1 is 1.13 bits per heavy atom. The molecule has 1 atom stereocenters. The average Bonchev–Trinajstić information content (AvgIpc) is 2.72. The molecule has 2 aromatic rings. The molecule has 168 valence electrons. The lowest BCUT2D eigenvalue weighted by Crippen LogP contribution is -2.26. The molecule has 0 heterocycles. The first-order valence-electron chi connectivity index (χ1n) is 9.22. The Labute approximate surface area is 187 Å². The van der Waals surface area contributed by atoms with Crippen LogP contribution in [0.3, 0.4) is 0 Å². The third kappa shape index (κ3) is 6.51. The van der Waals surface area contributed by atoms with Crippen LogP contribution in [-0.4, -0.2) is 30.0 Å². The molecule has 0 saturated heterocycles. The van der Waals surface area contributed by atoms with Crippen LogP contribution >= 0.6 is 23.2 Å². The van der Waals surface area contributed by atoms with E-state index in [2.05, 4.69) is 5.16 Å². The predicted octanol–water partition coefficient (Wildman–Crippen LogP) is 6.24. The van der Waals surface area contributed by atoms with Gasteiger partial charge in [0.1, 0.15) is 17.9 Å². The number of ether oxygens (including phenoxy) is 1. The van der Waals surface area contributed by atoms with Gasteiger partial charge in [-0.2, -0.15) is 13.2 Å². The van der Waals surface area contributed by atoms with E-state index < -0.39 is 23.8 Å². The number of nitrogens with zero attached hydrogens (tertiary/aromatic N) is 1. The van der Waals surface area contributed by atoms with Crippen molar-refractivity contribution < 1.29 is 32.6 Å². The van der Waals surface area contributed by atoms with Gasteiger partial charge in [0.2, 0.25) is 0 Å². The van der Waals surface area contributed by atoms with Crippen LogP contribution in [0.5, 0.6) is 5.75 Å². The van der Waals surface area contributed by atoms with Crippen LogP contribution in [-0.2, 0) is 22.2 Å². The summed E-state index contributed by atoms with van der Waals surface area (Å²) in [5, 5.41) is 13.3. The van der Waals surface area contributed by atoms with Gasteiger partial charge in [-0.05, 0) is 48.6 Å². The van der Waals surface area contributed by atoms with E-state index in [0.29, 0.717) is 29.7 Å². The van der Waals surface area contributed by atoms with Crippen molar-refractivity contribution in [1.29, 1.82) is 0 Å². The molecule has 0 spiro atoms. The number of halogens is 5. The Morgan fingerprint density at radius 2 is 1.77 bits per heavy atom. The number of aryl methyl sites for hydroxylation is 1. The van der Waals surface area contributed by atoms with Gasteiger partial charge in [0.05, 0.1) is 16.3 Å². The summed E-state index contributed by atoms with van der Waals surface area (Å²) >= 11 is 12.6. The van der Waals surface area contributed by atoms with E-state index >= 15 is 0 Å². The Morgan fingerprint density at radius 3 is 2.29 bits per heavy atom. The zero-order valence-electron chi connectivity index (χ0n) is 16.7. The number of hydrogen-bond acceptors (Lipinski definition) is 4. The topological polar surface area (TPSA) is 68.1 Å². The fourth-order valence-corrected chi connectivity index (χ4v) is 3.25. The first kappa shape index (κ1) is 24.8. The Bertz CT molecular complexity index is 947. The lowest BCUT2D eigenvalue weighted by molar-refractivity contribution is -0.145. The lowest BCUT2D eigenvalue weighted by Gasteiger charge is -2.16. The summed E-state index contributed by atoms with van der Waals surface area (Å²) in [6, 6.07) is 7.77. The van der Waals surface area contributed by atoms with Gasteiger partial charge in [0.15, 0.2) is 6.10 Å². The molecular formula is C21H20Cl2F3NO4. The fourth-order valence-electron chi connectivity index (χ4n) is 2.78. The van der Waals surface area contributed by atoms with E-state index in [1.54, 1.807) is 13.0 Å². The lowest BCUT2D eigenvalue weighted by atomic mass is 10.0. The maximum Gasteiger partial charge on any atom is 0.416 e. The first-order valence-corrected chi connectivity index (χ1v) is 9.98. The van der Waals surface area contributed by atoms with E-state index in [4.69, 9.17) is 37.9 Å². The SMILES string of the molecule is CCC(Oc1ccc(CCC(=NOC)c2ccc(C(F)(F)F)cc2)c(Cl)c1Cl)C(=O)O. The minimum Gasteiger partial charge on any atom is -0.479 e. The molecule has 0 aliphatic carbocycles. The monoisotopic (exact) mass is 477 g/mol. The van der Waals surface area contributed by atoms with Gasteiger partial charge in [-0.15, -0.1) is 0 Å². The molecule has 0 aliphatic rings. The van der Waals surface area contributed by atoms with Crippen LogP contribution in [0.4, 0.5) is 13.2 Å². The fraction of sp³-hybridized carbons (Fsp3) is 0.333. The highest BCUT2D eigenvalue weighted by Gasteiger charge is 2.30. The third-order valence-corrected chi connectivity index (χ3v) is 5.32. The Balaban J connectivity index is 2.18. The normalized spacial score (nSPS) is 13.1. The molecule has 0 bridgehead atoms. The predicted molar refractivity (Wildman–Crippen MR) is 112 cm³/mol. The molecule has 0 amide bonds. The van der Waals surface area contributed by atoms with Crippen molar-refractivity contribution in [1.82, 2.24) is 0 Å². The van der Waals surface area contributed by atoms with Crippen LogP contribution in [0.2, 0.25) is 10.0 Å². The molecule has 2 rings (SSSR count). The van der Waals surface area contributed by atoms with Crippen molar-refractivity contribution in [2.45, 2.75) is 38.5 Å².